The van der Waals surface area contributed by atoms with Gasteiger partial charge < -0.3 is 9.64 Å². The van der Waals surface area contributed by atoms with Gasteiger partial charge in [0.1, 0.15) is 22.5 Å². The molecule has 0 amide bonds. The minimum atomic E-state index is -0.0916. The predicted octanol–water partition coefficient (Wildman–Crippen LogP) is 4.23. The Labute approximate surface area is 202 Å². The Kier molecular flexibility index (Phi) is 6.64. The van der Waals surface area contributed by atoms with E-state index in [0.717, 1.165) is 56.3 Å². The van der Waals surface area contributed by atoms with E-state index in [-0.39, 0.29) is 5.56 Å². The Morgan fingerprint density at radius 1 is 1.12 bits per heavy atom. The van der Waals surface area contributed by atoms with Crippen molar-refractivity contribution in [1.29, 1.82) is 0 Å². The van der Waals surface area contributed by atoms with Crippen molar-refractivity contribution in [3.63, 3.8) is 0 Å². The third-order valence-corrected chi connectivity index (χ3v) is 7.41. The van der Waals surface area contributed by atoms with E-state index in [2.05, 4.69) is 46.1 Å². The van der Waals surface area contributed by atoms with Crippen LogP contribution in [0.5, 0.6) is 5.75 Å². The highest BCUT2D eigenvalue weighted by Crippen LogP contribution is 2.28. The largest absolute Gasteiger partial charge is 0.486 e. The van der Waals surface area contributed by atoms with Crippen LogP contribution in [0.1, 0.15) is 28.1 Å². The molecule has 1 aliphatic carbocycles. The molecule has 3 heterocycles. The SMILES string of the molecule is CN1CCN(Cc2ccc3c(c2)CCC(n2ccc(OCc4nc(Cl)cs4)cc2=O)=C3)CC1. The third kappa shape index (κ3) is 5.38. The summed E-state index contributed by atoms with van der Waals surface area (Å²) in [6.45, 7) is 5.82. The number of hydrogen-bond acceptors (Lipinski definition) is 6. The zero-order valence-electron chi connectivity index (χ0n) is 18.7. The lowest BCUT2D eigenvalue weighted by Gasteiger charge is -2.32. The van der Waals surface area contributed by atoms with Gasteiger partial charge in [-0.3, -0.25) is 14.3 Å². The van der Waals surface area contributed by atoms with Crippen LogP contribution in [0.25, 0.3) is 11.8 Å². The smallest absolute Gasteiger partial charge is 0.258 e. The predicted molar refractivity (Wildman–Crippen MR) is 134 cm³/mol. The second kappa shape index (κ2) is 9.81. The van der Waals surface area contributed by atoms with Crippen molar-refractivity contribution in [2.75, 3.05) is 33.2 Å². The standard InChI is InChI=1S/C25H27ClN4O2S/c1-28-8-10-29(11-9-28)15-18-2-3-20-13-21(5-4-19(20)12-18)30-7-6-22(14-25(30)31)32-16-24-27-23(26)17-33-24/h2-3,6-7,12-14,17H,4-5,8-11,15-16H2,1H3. The number of pyridine rings is 1. The number of aromatic nitrogens is 2. The highest BCUT2D eigenvalue weighted by molar-refractivity contribution is 7.10. The quantitative estimate of drug-likeness (QED) is 0.526. The van der Waals surface area contributed by atoms with Crippen molar-refractivity contribution < 1.29 is 4.74 Å². The van der Waals surface area contributed by atoms with Crippen LogP contribution < -0.4 is 10.3 Å². The highest BCUT2D eigenvalue weighted by atomic mass is 35.5. The first-order valence-electron chi connectivity index (χ1n) is 11.2. The fourth-order valence-electron chi connectivity index (χ4n) is 4.37. The van der Waals surface area contributed by atoms with Crippen molar-refractivity contribution in [3.05, 3.63) is 79.1 Å². The third-order valence-electron chi connectivity index (χ3n) is 6.27. The van der Waals surface area contributed by atoms with Crippen molar-refractivity contribution in [2.45, 2.75) is 26.0 Å². The number of nitrogens with zero attached hydrogens (tertiary/aromatic N) is 4. The molecule has 1 aliphatic heterocycles. The molecule has 0 unspecified atom stereocenters. The second-order valence-corrected chi connectivity index (χ2v) is 10.0. The molecule has 1 fully saturated rings. The Hall–Kier alpha value is -2.45. The lowest BCUT2D eigenvalue weighted by molar-refractivity contribution is 0.148. The summed E-state index contributed by atoms with van der Waals surface area (Å²) in [5.74, 6) is 0.535. The molecule has 1 aromatic carbocycles. The number of benzene rings is 1. The lowest BCUT2D eigenvalue weighted by atomic mass is 9.93. The first-order chi connectivity index (χ1) is 16.0. The number of thiazole rings is 1. The maximum Gasteiger partial charge on any atom is 0.258 e. The van der Waals surface area contributed by atoms with Crippen LogP contribution >= 0.6 is 22.9 Å². The van der Waals surface area contributed by atoms with E-state index in [4.69, 9.17) is 16.3 Å². The molecule has 172 valence electrons. The number of piperazine rings is 1. The number of halogens is 1. The average Bonchev–Trinajstić information content (AvgIpc) is 3.24. The van der Waals surface area contributed by atoms with E-state index in [1.54, 1.807) is 16.1 Å². The van der Waals surface area contributed by atoms with E-state index in [9.17, 15) is 4.79 Å². The normalized spacial score (nSPS) is 17.0. The molecule has 0 N–H and O–H groups in total. The number of fused-ring (bicyclic) bond motifs is 1. The number of hydrogen-bond donors (Lipinski definition) is 0. The maximum atomic E-state index is 12.8. The van der Waals surface area contributed by atoms with Crippen LogP contribution in [0.2, 0.25) is 5.15 Å². The molecule has 0 saturated carbocycles. The van der Waals surface area contributed by atoms with Gasteiger partial charge in [0.05, 0.1) is 0 Å². The fourth-order valence-corrected chi connectivity index (χ4v) is 5.22. The lowest BCUT2D eigenvalue weighted by Crippen LogP contribution is -2.43. The Morgan fingerprint density at radius 2 is 1.97 bits per heavy atom. The van der Waals surface area contributed by atoms with E-state index < -0.39 is 0 Å². The summed E-state index contributed by atoms with van der Waals surface area (Å²) in [6.07, 6.45) is 5.71. The first-order valence-corrected chi connectivity index (χ1v) is 12.5. The van der Waals surface area contributed by atoms with Crippen molar-refractivity contribution in [2.24, 2.45) is 0 Å². The molecule has 0 bridgehead atoms. The molecule has 6 nitrogen and oxygen atoms in total. The van der Waals surface area contributed by atoms with Crippen LogP contribution in [-0.4, -0.2) is 52.6 Å². The molecule has 2 aromatic heterocycles. The van der Waals surface area contributed by atoms with Crippen LogP contribution in [-0.2, 0) is 19.6 Å². The number of likely N-dealkylation sites (N-methyl/N-ethyl adjacent to an activating group) is 1. The summed E-state index contributed by atoms with van der Waals surface area (Å²) in [6, 6.07) is 10.1. The zero-order valence-corrected chi connectivity index (χ0v) is 20.2. The Bertz CT molecular complexity index is 1230. The van der Waals surface area contributed by atoms with Gasteiger partial charge in [-0.2, -0.15) is 0 Å². The highest BCUT2D eigenvalue weighted by Gasteiger charge is 2.17. The van der Waals surface area contributed by atoms with Crippen LogP contribution in [0.3, 0.4) is 0 Å². The summed E-state index contributed by atoms with van der Waals surface area (Å²) in [5.41, 5.74) is 4.85. The molecule has 0 spiro atoms. The van der Waals surface area contributed by atoms with Gasteiger partial charge in [0.2, 0.25) is 0 Å². The van der Waals surface area contributed by atoms with Gasteiger partial charge in [-0.05, 0) is 48.7 Å². The Morgan fingerprint density at radius 3 is 2.73 bits per heavy atom. The van der Waals surface area contributed by atoms with Crippen molar-refractivity contribution >= 4 is 34.7 Å². The molecule has 0 radical (unpaired) electrons. The molecule has 3 aromatic rings. The van der Waals surface area contributed by atoms with Crippen LogP contribution in [0.4, 0.5) is 0 Å². The van der Waals surface area contributed by atoms with Gasteiger partial charge in [-0.15, -0.1) is 11.3 Å². The van der Waals surface area contributed by atoms with Gasteiger partial charge in [0.25, 0.3) is 5.56 Å². The monoisotopic (exact) mass is 482 g/mol. The van der Waals surface area contributed by atoms with E-state index in [1.165, 1.54) is 34.1 Å². The molecule has 33 heavy (non-hydrogen) atoms. The van der Waals surface area contributed by atoms with Crippen LogP contribution in [0, 0.1) is 0 Å². The second-order valence-electron chi connectivity index (χ2n) is 8.67. The van der Waals surface area contributed by atoms with Crippen molar-refractivity contribution in [3.8, 4) is 5.75 Å². The van der Waals surface area contributed by atoms with E-state index >= 15 is 0 Å². The number of rotatable bonds is 6. The average molecular weight is 483 g/mol. The molecular formula is C25H27ClN4O2S. The molecule has 5 rings (SSSR count). The summed E-state index contributed by atoms with van der Waals surface area (Å²) in [5, 5.41) is 3.01. The number of aryl methyl sites for hydroxylation is 1. The molecule has 0 atom stereocenters. The Balaban J connectivity index is 1.27. The topological polar surface area (TPSA) is 50.6 Å². The van der Waals surface area contributed by atoms with Crippen molar-refractivity contribution in [1.82, 2.24) is 19.4 Å². The summed E-state index contributed by atoms with van der Waals surface area (Å²) >= 11 is 7.29. The zero-order chi connectivity index (χ0) is 22.8. The molecule has 1 saturated heterocycles. The molecular weight excluding hydrogens is 456 g/mol. The minimum Gasteiger partial charge on any atom is -0.486 e. The van der Waals surface area contributed by atoms with E-state index in [1.807, 2.05) is 6.07 Å². The number of ether oxygens (including phenoxy) is 1. The summed E-state index contributed by atoms with van der Waals surface area (Å²) in [4.78, 5) is 21.8. The summed E-state index contributed by atoms with van der Waals surface area (Å²) < 4.78 is 7.43. The van der Waals surface area contributed by atoms with Gasteiger partial charge in [-0.25, -0.2) is 4.98 Å². The van der Waals surface area contributed by atoms with Gasteiger partial charge >= 0.3 is 0 Å². The maximum absolute atomic E-state index is 12.8. The minimum absolute atomic E-state index is 0.0916. The fraction of sp³-hybridized carbons (Fsp3) is 0.360. The van der Waals surface area contributed by atoms with Crippen LogP contribution in [0.15, 0.2) is 46.7 Å². The van der Waals surface area contributed by atoms with Gasteiger partial charge in [0, 0.05) is 56.1 Å². The van der Waals surface area contributed by atoms with E-state index in [0.29, 0.717) is 17.5 Å². The summed E-state index contributed by atoms with van der Waals surface area (Å²) in [7, 11) is 2.19. The van der Waals surface area contributed by atoms with Gasteiger partial charge in [-0.1, -0.05) is 29.8 Å². The number of allylic oxidation sites excluding steroid dienone is 1. The molecule has 8 heteroatoms. The van der Waals surface area contributed by atoms with Gasteiger partial charge in [0.15, 0.2) is 0 Å². The molecule has 2 aliphatic rings. The first kappa shape index (κ1) is 22.3.